The van der Waals surface area contributed by atoms with Gasteiger partial charge in [-0.1, -0.05) is 22.0 Å². The van der Waals surface area contributed by atoms with Crippen molar-refractivity contribution in [2.24, 2.45) is 0 Å². The summed E-state index contributed by atoms with van der Waals surface area (Å²) in [7, 11) is 0. The van der Waals surface area contributed by atoms with Crippen molar-refractivity contribution < 1.29 is 32.3 Å². The third-order valence-electron chi connectivity index (χ3n) is 4.09. The molecule has 2 amide bonds. The molecule has 0 heterocycles. The van der Waals surface area contributed by atoms with Crippen molar-refractivity contribution in [3.63, 3.8) is 0 Å². The molecule has 0 saturated heterocycles. The van der Waals surface area contributed by atoms with E-state index in [2.05, 4.69) is 26.6 Å². The number of carbonyl (C=O) groups excluding carboxylic acids is 3. The van der Waals surface area contributed by atoms with E-state index in [0.29, 0.717) is 5.69 Å². The number of anilines is 2. The zero-order chi connectivity index (χ0) is 23.0. The summed E-state index contributed by atoms with van der Waals surface area (Å²) in [4.78, 5) is 35.5. The minimum absolute atomic E-state index is 0.0160. The van der Waals surface area contributed by atoms with Crippen molar-refractivity contribution in [1.29, 1.82) is 0 Å². The molecule has 0 aliphatic rings. The van der Waals surface area contributed by atoms with Crippen LogP contribution in [0.4, 0.5) is 24.5 Å². The molecule has 0 unspecified atom stereocenters. The van der Waals surface area contributed by atoms with E-state index in [9.17, 15) is 27.6 Å². The molecule has 0 radical (unpaired) electrons. The van der Waals surface area contributed by atoms with Crippen LogP contribution in [0.3, 0.4) is 0 Å². The van der Waals surface area contributed by atoms with Crippen molar-refractivity contribution in [2.45, 2.75) is 32.4 Å². The van der Waals surface area contributed by atoms with Crippen molar-refractivity contribution >= 4 is 45.1 Å². The van der Waals surface area contributed by atoms with Crippen LogP contribution < -0.4 is 10.6 Å². The van der Waals surface area contributed by atoms with Gasteiger partial charge in [0.25, 0.3) is 5.91 Å². The fourth-order valence-corrected chi connectivity index (χ4v) is 3.04. The second kappa shape index (κ2) is 10.9. The van der Waals surface area contributed by atoms with Gasteiger partial charge in [-0.05, 0) is 55.3 Å². The number of alkyl halides is 3. The largest absolute Gasteiger partial charge is 0.456 e. The predicted octanol–water partition coefficient (Wildman–Crippen LogP) is 5.07. The summed E-state index contributed by atoms with van der Waals surface area (Å²) in [5.74, 6) is -1.69. The number of esters is 1. The van der Waals surface area contributed by atoms with Crippen LogP contribution in [-0.4, -0.2) is 24.4 Å². The average molecular weight is 501 g/mol. The molecule has 0 atom stereocenters. The van der Waals surface area contributed by atoms with E-state index in [1.807, 2.05) is 13.0 Å². The minimum atomic E-state index is -4.51. The summed E-state index contributed by atoms with van der Waals surface area (Å²) in [6, 6.07) is 9.56. The Kier molecular flexibility index (Phi) is 8.61. The highest BCUT2D eigenvalue weighted by Gasteiger charge is 2.30. The van der Waals surface area contributed by atoms with Crippen LogP contribution in [0.2, 0.25) is 0 Å². The summed E-state index contributed by atoms with van der Waals surface area (Å²) in [5, 5.41) is 4.98. The Labute approximate surface area is 185 Å². The van der Waals surface area contributed by atoms with E-state index in [4.69, 9.17) is 4.74 Å². The first kappa shape index (κ1) is 24.4. The second-order valence-electron chi connectivity index (χ2n) is 6.65. The molecule has 2 N–H and O–H groups in total. The zero-order valence-corrected chi connectivity index (χ0v) is 18.1. The van der Waals surface area contributed by atoms with Gasteiger partial charge in [0.05, 0.1) is 5.56 Å². The Bertz CT molecular complexity index is 964. The van der Waals surface area contributed by atoms with Crippen molar-refractivity contribution in [2.75, 3.05) is 17.2 Å². The summed E-state index contributed by atoms with van der Waals surface area (Å²) in [6.07, 6.45) is -4.58. The molecule has 0 aliphatic heterocycles. The highest BCUT2D eigenvalue weighted by molar-refractivity contribution is 9.10. The molecule has 0 aliphatic carbocycles. The van der Waals surface area contributed by atoms with Crippen LogP contribution >= 0.6 is 15.9 Å². The van der Waals surface area contributed by atoms with Gasteiger partial charge in [-0.25, -0.2) is 0 Å². The summed E-state index contributed by atoms with van der Waals surface area (Å²) in [6.45, 7) is 1.35. The molecule has 2 rings (SSSR count). The Balaban J connectivity index is 1.69. The van der Waals surface area contributed by atoms with Crippen molar-refractivity contribution in [3.05, 3.63) is 58.1 Å². The monoisotopic (exact) mass is 500 g/mol. The van der Waals surface area contributed by atoms with Gasteiger partial charge in [0.1, 0.15) is 0 Å². The van der Waals surface area contributed by atoms with E-state index >= 15 is 0 Å². The molecule has 0 bridgehead atoms. The number of ether oxygens (including phenoxy) is 1. The van der Waals surface area contributed by atoms with Gasteiger partial charge in [0, 0.05) is 28.7 Å². The molecule has 10 heteroatoms. The molecule has 6 nitrogen and oxygen atoms in total. The number of hydrogen-bond acceptors (Lipinski definition) is 4. The standard InChI is InChI=1S/C21H20BrF3N2O4/c1-13-10-15(22)8-9-17(13)27-19(29)12-31-20(30)7-3-6-18(28)26-16-5-2-4-14(11-16)21(23,24)25/h2,4-5,8-11H,3,6-7,12H2,1H3,(H,26,28)(H,27,29). The zero-order valence-electron chi connectivity index (χ0n) is 16.5. The van der Waals surface area contributed by atoms with Gasteiger partial charge in [-0.3, -0.25) is 14.4 Å². The predicted molar refractivity (Wildman–Crippen MR) is 112 cm³/mol. The first-order chi connectivity index (χ1) is 14.5. The normalized spacial score (nSPS) is 11.0. The van der Waals surface area contributed by atoms with Crippen LogP contribution in [0.15, 0.2) is 46.9 Å². The third kappa shape index (κ3) is 8.41. The van der Waals surface area contributed by atoms with E-state index < -0.39 is 36.1 Å². The molecule has 31 heavy (non-hydrogen) atoms. The average Bonchev–Trinajstić information content (AvgIpc) is 2.68. The van der Waals surface area contributed by atoms with Gasteiger partial charge in [0.2, 0.25) is 5.91 Å². The van der Waals surface area contributed by atoms with Crippen LogP contribution in [0, 0.1) is 6.92 Å². The van der Waals surface area contributed by atoms with Gasteiger partial charge >= 0.3 is 12.1 Å². The number of halogens is 4. The quantitative estimate of drug-likeness (QED) is 0.495. The first-order valence-corrected chi connectivity index (χ1v) is 10.0. The number of hydrogen-bond donors (Lipinski definition) is 2. The first-order valence-electron chi connectivity index (χ1n) is 9.23. The van der Waals surface area contributed by atoms with E-state index in [0.717, 1.165) is 22.2 Å². The molecule has 0 spiro atoms. The third-order valence-corrected chi connectivity index (χ3v) is 4.58. The second-order valence-corrected chi connectivity index (χ2v) is 7.56. The molecule has 0 fully saturated rings. The smallest absolute Gasteiger partial charge is 0.416 e. The fourth-order valence-electron chi connectivity index (χ4n) is 2.56. The maximum Gasteiger partial charge on any atom is 0.416 e. The molecular weight excluding hydrogens is 481 g/mol. The summed E-state index contributed by atoms with van der Waals surface area (Å²) in [5.41, 5.74) is 0.573. The van der Waals surface area contributed by atoms with Crippen molar-refractivity contribution in [3.8, 4) is 0 Å². The lowest BCUT2D eigenvalue weighted by atomic mass is 10.2. The lowest BCUT2D eigenvalue weighted by molar-refractivity contribution is -0.147. The van der Waals surface area contributed by atoms with Gasteiger partial charge < -0.3 is 15.4 Å². The molecular formula is C21H20BrF3N2O4. The molecule has 2 aromatic carbocycles. The number of aryl methyl sites for hydroxylation is 1. The highest BCUT2D eigenvalue weighted by atomic mass is 79.9. The Morgan fingerprint density at radius 2 is 1.74 bits per heavy atom. The van der Waals surface area contributed by atoms with E-state index in [-0.39, 0.29) is 24.9 Å². The van der Waals surface area contributed by atoms with Crippen LogP contribution in [0.25, 0.3) is 0 Å². The van der Waals surface area contributed by atoms with Crippen LogP contribution in [0.1, 0.15) is 30.4 Å². The lowest BCUT2D eigenvalue weighted by Gasteiger charge is -2.10. The van der Waals surface area contributed by atoms with Gasteiger partial charge in [0.15, 0.2) is 6.61 Å². The molecule has 2 aromatic rings. The van der Waals surface area contributed by atoms with Crippen LogP contribution in [-0.2, 0) is 25.3 Å². The maximum absolute atomic E-state index is 12.7. The maximum atomic E-state index is 12.7. The number of amides is 2. The van der Waals surface area contributed by atoms with E-state index in [1.165, 1.54) is 12.1 Å². The Hall–Kier alpha value is -2.88. The SMILES string of the molecule is Cc1cc(Br)ccc1NC(=O)COC(=O)CCCC(=O)Nc1cccc(C(F)(F)F)c1. The lowest BCUT2D eigenvalue weighted by Crippen LogP contribution is -2.21. The molecule has 166 valence electrons. The fraction of sp³-hybridized carbons (Fsp3) is 0.286. The van der Waals surface area contributed by atoms with Gasteiger partial charge in [-0.2, -0.15) is 13.2 Å². The number of carbonyl (C=O) groups is 3. The Morgan fingerprint density at radius 1 is 1.00 bits per heavy atom. The van der Waals surface area contributed by atoms with Crippen LogP contribution in [0.5, 0.6) is 0 Å². The Morgan fingerprint density at radius 3 is 2.42 bits per heavy atom. The highest BCUT2D eigenvalue weighted by Crippen LogP contribution is 2.30. The number of benzene rings is 2. The molecule has 0 saturated carbocycles. The summed E-state index contributed by atoms with van der Waals surface area (Å²) >= 11 is 3.32. The minimum Gasteiger partial charge on any atom is -0.456 e. The number of nitrogens with one attached hydrogen (secondary N) is 2. The van der Waals surface area contributed by atoms with Crippen molar-refractivity contribution in [1.82, 2.24) is 0 Å². The number of rotatable bonds is 8. The topological polar surface area (TPSA) is 84.5 Å². The summed E-state index contributed by atoms with van der Waals surface area (Å²) < 4.78 is 43.8. The molecule has 0 aromatic heterocycles. The van der Waals surface area contributed by atoms with E-state index in [1.54, 1.807) is 12.1 Å². The van der Waals surface area contributed by atoms with Gasteiger partial charge in [-0.15, -0.1) is 0 Å².